The normalized spacial score (nSPS) is 13.7. The Kier molecular flexibility index (Phi) is 4.02. The van der Waals surface area contributed by atoms with E-state index in [0.29, 0.717) is 23.4 Å². The molecule has 0 bridgehead atoms. The van der Waals surface area contributed by atoms with Gasteiger partial charge in [0.05, 0.1) is 5.69 Å². The summed E-state index contributed by atoms with van der Waals surface area (Å²) in [5, 5.41) is 0. The molecule has 0 unspecified atom stereocenters. The highest BCUT2D eigenvalue weighted by molar-refractivity contribution is 6.04. The molecule has 106 valence electrons. The van der Waals surface area contributed by atoms with Crippen LogP contribution < -0.4 is 15.4 Å². The van der Waals surface area contributed by atoms with Crippen LogP contribution in [0.25, 0.3) is 0 Å². The van der Waals surface area contributed by atoms with Gasteiger partial charge in [0.1, 0.15) is 12.3 Å². The number of primary amides is 1. The van der Waals surface area contributed by atoms with E-state index in [1.165, 1.54) is 4.90 Å². The number of carbonyl (C=O) groups excluding carboxylic acids is 3. The van der Waals surface area contributed by atoms with Crippen molar-refractivity contribution in [1.82, 2.24) is 0 Å². The Morgan fingerprint density at radius 1 is 1.40 bits per heavy atom. The van der Waals surface area contributed by atoms with Gasteiger partial charge in [-0.15, -0.1) is 0 Å². The summed E-state index contributed by atoms with van der Waals surface area (Å²) in [7, 11) is 0. The second-order valence-corrected chi connectivity index (χ2v) is 4.59. The third-order valence-corrected chi connectivity index (χ3v) is 3.01. The number of Topliss-reactive ketones (excluding diaryl/α,β-unsaturated/α-hetero) is 1. The number of benzene rings is 1. The molecule has 0 saturated heterocycles. The Labute approximate surface area is 116 Å². The maximum atomic E-state index is 11.9. The number of anilines is 1. The van der Waals surface area contributed by atoms with Crippen LogP contribution >= 0.6 is 0 Å². The second kappa shape index (κ2) is 5.73. The molecule has 1 aromatic carbocycles. The molecule has 1 aliphatic rings. The van der Waals surface area contributed by atoms with Gasteiger partial charge in [0.25, 0.3) is 5.91 Å². The highest BCUT2D eigenvalue weighted by Crippen LogP contribution is 2.33. The van der Waals surface area contributed by atoms with Crippen LogP contribution in [0.15, 0.2) is 18.2 Å². The van der Waals surface area contributed by atoms with Crippen LogP contribution in [0.3, 0.4) is 0 Å². The quantitative estimate of drug-likeness (QED) is 0.808. The third-order valence-electron chi connectivity index (χ3n) is 3.01. The first-order chi connectivity index (χ1) is 9.52. The van der Waals surface area contributed by atoms with E-state index in [0.717, 1.165) is 6.42 Å². The van der Waals surface area contributed by atoms with Crippen LogP contribution in [0.4, 0.5) is 5.69 Å². The van der Waals surface area contributed by atoms with Crippen LogP contribution in [-0.4, -0.2) is 30.7 Å². The number of fused-ring (bicyclic) bond motifs is 1. The molecule has 0 radical (unpaired) electrons. The Hall–Kier alpha value is -2.37. The van der Waals surface area contributed by atoms with E-state index in [4.69, 9.17) is 10.5 Å². The van der Waals surface area contributed by atoms with Crippen molar-refractivity contribution in [1.29, 1.82) is 0 Å². The monoisotopic (exact) mass is 276 g/mol. The van der Waals surface area contributed by atoms with Crippen LogP contribution in [0.1, 0.15) is 30.1 Å². The first-order valence-electron chi connectivity index (χ1n) is 6.41. The lowest BCUT2D eigenvalue weighted by Gasteiger charge is -2.28. The van der Waals surface area contributed by atoms with Crippen molar-refractivity contribution < 1.29 is 19.1 Å². The van der Waals surface area contributed by atoms with Crippen molar-refractivity contribution in [2.24, 2.45) is 5.73 Å². The molecule has 0 atom stereocenters. The summed E-state index contributed by atoms with van der Waals surface area (Å²) < 4.78 is 5.29. The van der Waals surface area contributed by atoms with Crippen molar-refractivity contribution >= 4 is 23.3 Å². The molecule has 20 heavy (non-hydrogen) atoms. The van der Waals surface area contributed by atoms with Gasteiger partial charge in [-0.2, -0.15) is 0 Å². The van der Waals surface area contributed by atoms with Gasteiger partial charge in [0, 0.05) is 12.0 Å². The summed E-state index contributed by atoms with van der Waals surface area (Å²) in [6.45, 7) is 1.56. The maximum Gasteiger partial charge on any atom is 0.265 e. The first-order valence-corrected chi connectivity index (χ1v) is 6.41. The third kappa shape index (κ3) is 2.79. The van der Waals surface area contributed by atoms with Gasteiger partial charge in [-0.25, -0.2) is 0 Å². The Morgan fingerprint density at radius 2 is 2.15 bits per heavy atom. The lowest BCUT2D eigenvalue weighted by Crippen LogP contribution is -2.43. The van der Waals surface area contributed by atoms with E-state index in [1.54, 1.807) is 18.2 Å². The van der Waals surface area contributed by atoms with Gasteiger partial charge in [-0.05, 0) is 24.6 Å². The number of carbonyl (C=O) groups is 3. The van der Waals surface area contributed by atoms with E-state index in [2.05, 4.69) is 0 Å². The lowest BCUT2D eigenvalue weighted by atomic mass is 10.0. The fraction of sp³-hybridized carbons (Fsp3) is 0.357. The average Bonchev–Trinajstić information content (AvgIpc) is 2.41. The molecule has 1 aromatic rings. The van der Waals surface area contributed by atoms with Gasteiger partial charge in [0.15, 0.2) is 12.4 Å². The smallest absolute Gasteiger partial charge is 0.265 e. The van der Waals surface area contributed by atoms with Crippen LogP contribution in [-0.2, 0) is 9.59 Å². The second-order valence-electron chi connectivity index (χ2n) is 4.59. The molecule has 6 nitrogen and oxygen atoms in total. The Morgan fingerprint density at radius 3 is 2.80 bits per heavy atom. The first kappa shape index (κ1) is 14.0. The highest BCUT2D eigenvalue weighted by atomic mass is 16.5. The molecule has 0 saturated carbocycles. The van der Waals surface area contributed by atoms with Gasteiger partial charge in [0.2, 0.25) is 5.91 Å². The van der Waals surface area contributed by atoms with Crippen molar-refractivity contribution in [3.63, 3.8) is 0 Å². The zero-order valence-electron chi connectivity index (χ0n) is 11.2. The minimum atomic E-state index is -0.614. The fourth-order valence-electron chi connectivity index (χ4n) is 2.08. The predicted octanol–water partition coefficient (Wildman–Crippen LogP) is 0.880. The number of hydrogen-bond donors (Lipinski definition) is 1. The zero-order valence-corrected chi connectivity index (χ0v) is 11.2. The molecule has 0 aromatic heterocycles. The molecule has 6 heteroatoms. The van der Waals surface area contributed by atoms with Gasteiger partial charge < -0.3 is 10.5 Å². The molecule has 0 aliphatic carbocycles. The van der Waals surface area contributed by atoms with Crippen LogP contribution in [0, 0.1) is 0 Å². The number of rotatable bonds is 5. The maximum absolute atomic E-state index is 11.9. The number of ketones is 1. The largest absolute Gasteiger partial charge is 0.482 e. The van der Waals surface area contributed by atoms with E-state index in [-0.39, 0.29) is 24.8 Å². The number of ether oxygens (including phenoxy) is 1. The van der Waals surface area contributed by atoms with E-state index in [1.807, 2.05) is 6.92 Å². The van der Waals surface area contributed by atoms with Crippen molar-refractivity contribution in [2.75, 3.05) is 18.1 Å². The molecule has 1 heterocycles. The van der Waals surface area contributed by atoms with Crippen LogP contribution in [0.2, 0.25) is 0 Å². The standard InChI is InChI=1S/C14H16N2O4/c1-2-3-11(17)9-4-5-12-10(6-9)16(7-13(15)18)14(19)8-20-12/h4-6H,2-3,7-8H2,1H3,(H2,15,18). The van der Waals surface area contributed by atoms with E-state index >= 15 is 0 Å². The lowest BCUT2D eigenvalue weighted by molar-refractivity contribution is -0.124. The Bertz CT molecular complexity index is 568. The summed E-state index contributed by atoms with van der Waals surface area (Å²) in [6, 6.07) is 4.88. The molecule has 2 amide bonds. The SMILES string of the molecule is CCCC(=O)c1ccc2c(c1)N(CC(N)=O)C(=O)CO2. The van der Waals surface area contributed by atoms with Crippen molar-refractivity contribution in [3.05, 3.63) is 23.8 Å². The summed E-state index contributed by atoms with van der Waals surface area (Å²) in [5.74, 6) is -0.501. The zero-order chi connectivity index (χ0) is 14.7. The fourth-order valence-corrected chi connectivity index (χ4v) is 2.08. The van der Waals surface area contributed by atoms with Crippen molar-refractivity contribution in [2.45, 2.75) is 19.8 Å². The number of nitrogens with two attached hydrogens (primary N) is 1. The highest BCUT2D eigenvalue weighted by Gasteiger charge is 2.27. The molecule has 1 aliphatic heterocycles. The molecule has 2 N–H and O–H groups in total. The van der Waals surface area contributed by atoms with Crippen molar-refractivity contribution in [3.8, 4) is 5.75 Å². The van der Waals surface area contributed by atoms with E-state index < -0.39 is 5.91 Å². The summed E-state index contributed by atoms with van der Waals surface area (Å²) in [4.78, 5) is 36.0. The van der Waals surface area contributed by atoms with Gasteiger partial charge >= 0.3 is 0 Å². The minimum Gasteiger partial charge on any atom is -0.482 e. The predicted molar refractivity (Wildman–Crippen MR) is 72.7 cm³/mol. The summed E-state index contributed by atoms with van der Waals surface area (Å²) >= 11 is 0. The molecular weight excluding hydrogens is 260 g/mol. The Balaban J connectivity index is 2.38. The van der Waals surface area contributed by atoms with Gasteiger partial charge in [-0.3, -0.25) is 19.3 Å². The summed E-state index contributed by atoms with van der Waals surface area (Å²) in [5.41, 5.74) is 6.06. The molecule has 0 spiro atoms. The molecular formula is C14H16N2O4. The number of amides is 2. The molecule has 2 rings (SSSR count). The summed E-state index contributed by atoms with van der Waals surface area (Å²) in [6.07, 6.45) is 1.18. The van der Waals surface area contributed by atoms with Gasteiger partial charge in [-0.1, -0.05) is 6.92 Å². The minimum absolute atomic E-state index is 0.00709. The average molecular weight is 276 g/mol. The molecule has 0 fully saturated rings. The van der Waals surface area contributed by atoms with E-state index in [9.17, 15) is 14.4 Å². The number of nitrogens with zero attached hydrogens (tertiary/aromatic N) is 1. The topological polar surface area (TPSA) is 89.7 Å². The number of hydrogen-bond acceptors (Lipinski definition) is 4. The van der Waals surface area contributed by atoms with Crippen LogP contribution in [0.5, 0.6) is 5.75 Å².